The molecule has 2 rings (SSSR count). The Kier molecular flexibility index (Phi) is 2.57. The molecule has 14 heavy (non-hydrogen) atoms. The second kappa shape index (κ2) is 3.86. The van der Waals surface area contributed by atoms with Crippen LogP contribution in [-0.2, 0) is 0 Å². The van der Waals surface area contributed by atoms with E-state index in [9.17, 15) is 4.79 Å². The maximum Gasteiger partial charge on any atom is 0.257 e. The smallest absolute Gasteiger partial charge is 0.257 e. The molecule has 0 aliphatic carbocycles. The molecule has 1 aromatic rings. The van der Waals surface area contributed by atoms with Crippen LogP contribution < -0.4 is 0 Å². The van der Waals surface area contributed by atoms with Gasteiger partial charge in [-0.25, -0.2) is 0 Å². The second-order valence-corrected chi connectivity index (χ2v) is 4.01. The van der Waals surface area contributed by atoms with E-state index in [1.54, 1.807) is 12.3 Å². The van der Waals surface area contributed by atoms with E-state index in [0.29, 0.717) is 11.5 Å². The summed E-state index contributed by atoms with van der Waals surface area (Å²) in [6.07, 6.45) is 5.40. The van der Waals surface area contributed by atoms with Gasteiger partial charge < -0.3 is 9.32 Å². The number of rotatable bonds is 1. The Bertz CT molecular complexity index is 305. The lowest BCUT2D eigenvalue weighted by molar-refractivity contribution is 0.0682. The third-order valence-electron chi connectivity index (χ3n) is 2.71. The summed E-state index contributed by atoms with van der Waals surface area (Å²) in [4.78, 5) is 13.8. The van der Waals surface area contributed by atoms with Gasteiger partial charge in [0.1, 0.15) is 6.26 Å². The lowest BCUT2D eigenvalue weighted by Crippen LogP contribution is -2.38. The van der Waals surface area contributed by atoms with Gasteiger partial charge in [-0.2, -0.15) is 0 Å². The van der Waals surface area contributed by atoms with Gasteiger partial charge in [-0.3, -0.25) is 4.79 Å². The highest BCUT2D eigenvalue weighted by molar-refractivity contribution is 5.93. The highest BCUT2D eigenvalue weighted by atomic mass is 16.3. The Labute approximate surface area is 83.7 Å². The predicted molar refractivity (Wildman–Crippen MR) is 53.0 cm³/mol. The largest absolute Gasteiger partial charge is 0.472 e. The lowest BCUT2D eigenvalue weighted by atomic mass is 10.00. The number of carbonyl (C=O) groups excluding carboxylic acids is 1. The molecule has 1 amide bonds. The highest BCUT2D eigenvalue weighted by Crippen LogP contribution is 2.17. The van der Waals surface area contributed by atoms with Crippen molar-refractivity contribution in [3.63, 3.8) is 0 Å². The van der Waals surface area contributed by atoms with Gasteiger partial charge in [0.2, 0.25) is 0 Å². The molecule has 1 aromatic heterocycles. The number of nitrogens with zero attached hydrogens (tertiary/aromatic N) is 1. The standard InChI is InChI=1S/C11H15NO2/c1-9-3-2-5-12(7-9)11(13)10-4-6-14-8-10/h4,6,8-9H,2-3,5,7H2,1H3/t9-/m0/s1. The minimum Gasteiger partial charge on any atom is -0.472 e. The van der Waals surface area contributed by atoms with Crippen LogP contribution in [0.5, 0.6) is 0 Å². The van der Waals surface area contributed by atoms with Crippen LogP contribution in [0.1, 0.15) is 30.1 Å². The molecule has 0 aromatic carbocycles. The number of carbonyl (C=O) groups is 1. The van der Waals surface area contributed by atoms with Gasteiger partial charge in [0.15, 0.2) is 0 Å². The maximum absolute atomic E-state index is 11.9. The Hall–Kier alpha value is -1.25. The summed E-state index contributed by atoms with van der Waals surface area (Å²) in [7, 11) is 0. The Morgan fingerprint density at radius 1 is 1.64 bits per heavy atom. The van der Waals surface area contributed by atoms with E-state index in [-0.39, 0.29) is 5.91 Å². The van der Waals surface area contributed by atoms with E-state index in [2.05, 4.69) is 6.92 Å². The van der Waals surface area contributed by atoms with E-state index >= 15 is 0 Å². The van der Waals surface area contributed by atoms with Gasteiger partial charge in [-0.05, 0) is 24.8 Å². The first-order valence-corrected chi connectivity index (χ1v) is 5.09. The minimum atomic E-state index is 0.102. The molecule has 1 aliphatic rings. The first kappa shape index (κ1) is 9.31. The van der Waals surface area contributed by atoms with Crippen LogP contribution in [0.3, 0.4) is 0 Å². The van der Waals surface area contributed by atoms with Crippen molar-refractivity contribution in [2.24, 2.45) is 5.92 Å². The van der Waals surface area contributed by atoms with E-state index in [1.165, 1.54) is 12.7 Å². The van der Waals surface area contributed by atoms with Crippen LogP contribution in [0.15, 0.2) is 23.0 Å². The van der Waals surface area contributed by atoms with Crippen molar-refractivity contribution >= 4 is 5.91 Å². The minimum absolute atomic E-state index is 0.102. The fourth-order valence-corrected chi connectivity index (χ4v) is 1.94. The van der Waals surface area contributed by atoms with Gasteiger partial charge in [0.25, 0.3) is 5.91 Å². The quantitative estimate of drug-likeness (QED) is 0.684. The molecule has 0 unspecified atom stereocenters. The van der Waals surface area contributed by atoms with Crippen molar-refractivity contribution in [1.82, 2.24) is 4.90 Å². The third-order valence-corrected chi connectivity index (χ3v) is 2.71. The summed E-state index contributed by atoms with van der Waals surface area (Å²) in [5, 5.41) is 0. The van der Waals surface area contributed by atoms with Crippen LogP contribution in [0, 0.1) is 5.92 Å². The molecule has 1 atom stereocenters. The molecule has 0 bridgehead atoms. The van der Waals surface area contributed by atoms with Crippen molar-refractivity contribution in [2.45, 2.75) is 19.8 Å². The van der Waals surface area contributed by atoms with Crippen molar-refractivity contribution in [3.05, 3.63) is 24.2 Å². The third kappa shape index (κ3) is 1.81. The molecular formula is C11H15NO2. The molecular weight excluding hydrogens is 178 g/mol. The zero-order chi connectivity index (χ0) is 9.97. The number of piperidine rings is 1. The summed E-state index contributed by atoms with van der Waals surface area (Å²) < 4.78 is 4.91. The fraction of sp³-hybridized carbons (Fsp3) is 0.545. The fourth-order valence-electron chi connectivity index (χ4n) is 1.94. The summed E-state index contributed by atoms with van der Waals surface area (Å²) in [6, 6.07) is 1.72. The predicted octanol–water partition coefficient (Wildman–Crippen LogP) is 2.15. The second-order valence-electron chi connectivity index (χ2n) is 4.01. The van der Waals surface area contributed by atoms with Crippen LogP contribution in [0.4, 0.5) is 0 Å². The number of hydrogen-bond donors (Lipinski definition) is 0. The molecule has 1 saturated heterocycles. The number of likely N-dealkylation sites (tertiary alicyclic amines) is 1. The van der Waals surface area contributed by atoms with Crippen LogP contribution >= 0.6 is 0 Å². The normalized spacial score (nSPS) is 22.4. The van der Waals surface area contributed by atoms with E-state index < -0.39 is 0 Å². The van der Waals surface area contributed by atoms with Crippen molar-refractivity contribution in [2.75, 3.05) is 13.1 Å². The van der Waals surface area contributed by atoms with Gasteiger partial charge in [0.05, 0.1) is 11.8 Å². The summed E-state index contributed by atoms with van der Waals surface area (Å²) in [5.41, 5.74) is 0.666. The summed E-state index contributed by atoms with van der Waals surface area (Å²) >= 11 is 0. The molecule has 0 N–H and O–H groups in total. The molecule has 76 valence electrons. The zero-order valence-electron chi connectivity index (χ0n) is 8.40. The topological polar surface area (TPSA) is 33.5 Å². The lowest BCUT2D eigenvalue weighted by Gasteiger charge is -2.30. The SMILES string of the molecule is C[C@H]1CCCN(C(=O)c2ccoc2)C1. The van der Waals surface area contributed by atoms with Gasteiger partial charge in [0, 0.05) is 13.1 Å². The number of furan rings is 1. The zero-order valence-corrected chi connectivity index (χ0v) is 8.40. The summed E-state index contributed by atoms with van der Waals surface area (Å²) in [6.45, 7) is 3.95. The number of amides is 1. The number of hydrogen-bond acceptors (Lipinski definition) is 2. The Morgan fingerprint density at radius 3 is 3.14 bits per heavy atom. The first-order valence-electron chi connectivity index (χ1n) is 5.09. The Morgan fingerprint density at radius 2 is 2.50 bits per heavy atom. The van der Waals surface area contributed by atoms with E-state index in [1.807, 2.05) is 4.90 Å². The molecule has 0 radical (unpaired) electrons. The molecule has 1 fully saturated rings. The van der Waals surface area contributed by atoms with Gasteiger partial charge >= 0.3 is 0 Å². The van der Waals surface area contributed by atoms with Gasteiger partial charge in [-0.1, -0.05) is 6.92 Å². The molecule has 3 heteroatoms. The monoisotopic (exact) mass is 193 g/mol. The molecule has 0 spiro atoms. The molecule has 1 aliphatic heterocycles. The molecule has 0 saturated carbocycles. The first-order chi connectivity index (χ1) is 6.77. The maximum atomic E-state index is 11.9. The summed E-state index contributed by atoms with van der Waals surface area (Å²) in [5.74, 6) is 0.727. The highest BCUT2D eigenvalue weighted by Gasteiger charge is 2.22. The Balaban J connectivity index is 2.04. The van der Waals surface area contributed by atoms with Crippen molar-refractivity contribution in [1.29, 1.82) is 0 Å². The van der Waals surface area contributed by atoms with E-state index in [4.69, 9.17) is 4.42 Å². The average molecular weight is 193 g/mol. The average Bonchev–Trinajstić information content (AvgIpc) is 2.69. The van der Waals surface area contributed by atoms with Crippen LogP contribution in [0.2, 0.25) is 0 Å². The van der Waals surface area contributed by atoms with Crippen LogP contribution in [-0.4, -0.2) is 23.9 Å². The van der Waals surface area contributed by atoms with Gasteiger partial charge in [-0.15, -0.1) is 0 Å². The molecule has 3 nitrogen and oxygen atoms in total. The van der Waals surface area contributed by atoms with Crippen molar-refractivity contribution in [3.8, 4) is 0 Å². The van der Waals surface area contributed by atoms with Crippen molar-refractivity contribution < 1.29 is 9.21 Å². The van der Waals surface area contributed by atoms with E-state index in [0.717, 1.165) is 19.5 Å². The van der Waals surface area contributed by atoms with Crippen LogP contribution in [0.25, 0.3) is 0 Å². The molecule has 2 heterocycles.